The molecule has 78 valence electrons. The molecule has 2 nitrogen and oxygen atoms in total. The summed E-state index contributed by atoms with van der Waals surface area (Å²) in [5, 5.41) is 0. The summed E-state index contributed by atoms with van der Waals surface area (Å²) in [6.07, 6.45) is 6.94. The fourth-order valence-electron chi connectivity index (χ4n) is 1.27. The van der Waals surface area contributed by atoms with Gasteiger partial charge in [-0.05, 0) is 24.6 Å². The average Bonchev–Trinajstić information content (AvgIpc) is 2.16. The minimum Gasteiger partial charge on any atom is -0.399 e. The van der Waals surface area contributed by atoms with Crippen LogP contribution in [0.1, 0.15) is 29.6 Å². The third-order valence-corrected chi connectivity index (χ3v) is 2.42. The van der Waals surface area contributed by atoms with Crippen LogP contribution < -0.4 is 5.73 Å². The van der Waals surface area contributed by atoms with Crippen molar-refractivity contribution in [3.8, 4) is 12.3 Å². The van der Waals surface area contributed by atoms with Gasteiger partial charge in [0.15, 0.2) is 5.78 Å². The van der Waals surface area contributed by atoms with Gasteiger partial charge >= 0.3 is 0 Å². The molecular formula is C12H12BrNO. The summed E-state index contributed by atoms with van der Waals surface area (Å²) in [4.78, 5) is 11.7. The van der Waals surface area contributed by atoms with E-state index in [1.54, 1.807) is 18.2 Å². The summed E-state index contributed by atoms with van der Waals surface area (Å²) in [5.74, 6) is 2.59. The molecule has 15 heavy (non-hydrogen) atoms. The Labute approximate surface area is 98.0 Å². The highest BCUT2D eigenvalue weighted by atomic mass is 79.9. The number of hydrogen-bond acceptors (Lipinski definition) is 2. The molecule has 0 unspecified atom stereocenters. The van der Waals surface area contributed by atoms with Crippen molar-refractivity contribution >= 4 is 27.4 Å². The van der Waals surface area contributed by atoms with Gasteiger partial charge in [-0.25, -0.2) is 0 Å². The number of halogens is 1. The number of anilines is 1. The predicted octanol–water partition coefficient (Wildman–Crippen LogP) is 3.02. The Morgan fingerprint density at radius 3 is 2.80 bits per heavy atom. The lowest BCUT2D eigenvalue weighted by atomic mass is 10.1. The van der Waals surface area contributed by atoms with E-state index in [1.807, 2.05) is 0 Å². The number of nitrogen functional groups attached to an aromatic ring is 1. The van der Waals surface area contributed by atoms with E-state index in [0.717, 1.165) is 10.9 Å². The molecule has 0 radical (unpaired) electrons. The van der Waals surface area contributed by atoms with Crippen LogP contribution in [-0.4, -0.2) is 5.78 Å². The summed E-state index contributed by atoms with van der Waals surface area (Å²) in [6.45, 7) is 0. The van der Waals surface area contributed by atoms with Gasteiger partial charge in [-0.2, -0.15) is 0 Å². The number of unbranched alkanes of at least 4 members (excludes halogenated alkanes) is 1. The van der Waals surface area contributed by atoms with Gasteiger partial charge in [-0.1, -0.05) is 15.9 Å². The first kappa shape index (κ1) is 11.8. The quantitative estimate of drug-likeness (QED) is 0.394. The first-order chi connectivity index (χ1) is 7.13. The van der Waals surface area contributed by atoms with E-state index in [-0.39, 0.29) is 5.78 Å². The van der Waals surface area contributed by atoms with Crippen LogP contribution in [0.3, 0.4) is 0 Å². The van der Waals surface area contributed by atoms with Gasteiger partial charge in [0.25, 0.3) is 0 Å². The summed E-state index contributed by atoms with van der Waals surface area (Å²) in [5.41, 5.74) is 6.86. The SMILES string of the molecule is C#CCCCC(=O)c1cc(N)cc(Br)c1. The topological polar surface area (TPSA) is 43.1 Å². The molecule has 1 aromatic carbocycles. The van der Waals surface area contributed by atoms with E-state index in [1.165, 1.54) is 0 Å². The maximum Gasteiger partial charge on any atom is 0.163 e. The Bertz CT molecular complexity index is 386. The van der Waals surface area contributed by atoms with Crippen LogP contribution in [0.5, 0.6) is 0 Å². The van der Waals surface area contributed by atoms with Crippen molar-refractivity contribution in [2.75, 3.05) is 5.73 Å². The van der Waals surface area contributed by atoms with Crippen LogP contribution in [0.2, 0.25) is 0 Å². The van der Waals surface area contributed by atoms with Crippen molar-refractivity contribution in [3.63, 3.8) is 0 Å². The smallest absolute Gasteiger partial charge is 0.163 e. The highest BCUT2D eigenvalue weighted by molar-refractivity contribution is 9.10. The summed E-state index contributed by atoms with van der Waals surface area (Å²) in [6, 6.07) is 5.22. The number of carbonyl (C=O) groups excluding carboxylic acids is 1. The van der Waals surface area contributed by atoms with Gasteiger partial charge in [0.1, 0.15) is 0 Å². The largest absolute Gasteiger partial charge is 0.399 e. The second kappa shape index (κ2) is 5.57. The fraction of sp³-hybridized carbons (Fsp3) is 0.250. The van der Waals surface area contributed by atoms with Crippen LogP contribution in [0.25, 0.3) is 0 Å². The fourth-order valence-corrected chi connectivity index (χ4v) is 1.78. The molecule has 0 aliphatic carbocycles. The maximum atomic E-state index is 11.7. The zero-order valence-electron chi connectivity index (χ0n) is 8.29. The first-order valence-corrected chi connectivity index (χ1v) is 5.45. The number of carbonyl (C=O) groups is 1. The normalized spacial score (nSPS) is 9.60. The zero-order chi connectivity index (χ0) is 11.3. The Balaban J connectivity index is 2.70. The molecule has 0 atom stereocenters. The van der Waals surface area contributed by atoms with Crippen molar-refractivity contribution in [3.05, 3.63) is 28.2 Å². The monoisotopic (exact) mass is 265 g/mol. The van der Waals surface area contributed by atoms with Crippen molar-refractivity contribution in [1.29, 1.82) is 0 Å². The van der Waals surface area contributed by atoms with E-state index >= 15 is 0 Å². The van der Waals surface area contributed by atoms with Gasteiger partial charge in [0.05, 0.1) is 0 Å². The molecule has 0 aromatic heterocycles. The van der Waals surface area contributed by atoms with E-state index in [0.29, 0.717) is 24.1 Å². The van der Waals surface area contributed by atoms with E-state index < -0.39 is 0 Å². The van der Waals surface area contributed by atoms with Gasteiger partial charge in [0, 0.05) is 28.6 Å². The molecule has 1 rings (SSSR count). The van der Waals surface area contributed by atoms with Crippen molar-refractivity contribution in [2.24, 2.45) is 0 Å². The van der Waals surface area contributed by atoms with Crippen molar-refractivity contribution < 1.29 is 4.79 Å². The number of terminal acetylenes is 1. The highest BCUT2D eigenvalue weighted by Gasteiger charge is 2.06. The third kappa shape index (κ3) is 3.77. The molecule has 0 aliphatic rings. The molecule has 1 aromatic rings. The molecule has 0 bridgehead atoms. The lowest BCUT2D eigenvalue weighted by molar-refractivity contribution is 0.0980. The van der Waals surface area contributed by atoms with E-state index in [4.69, 9.17) is 12.2 Å². The van der Waals surface area contributed by atoms with Gasteiger partial charge < -0.3 is 5.73 Å². The molecule has 3 heteroatoms. The van der Waals surface area contributed by atoms with Crippen LogP contribution in [-0.2, 0) is 0 Å². The number of hydrogen-bond donors (Lipinski definition) is 1. The maximum absolute atomic E-state index is 11.7. The van der Waals surface area contributed by atoms with Gasteiger partial charge in [-0.15, -0.1) is 12.3 Å². The van der Waals surface area contributed by atoms with Gasteiger partial charge in [-0.3, -0.25) is 4.79 Å². The Morgan fingerprint density at radius 2 is 2.20 bits per heavy atom. The standard InChI is InChI=1S/C12H12BrNO/c1-2-3-4-5-12(15)9-6-10(13)8-11(14)7-9/h1,6-8H,3-5,14H2. The highest BCUT2D eigenvalue weighted by Crippen LogP contribution is 2.18. The number of rotatable bonds is 4. The van der Waals surface area contributed by atoms with Crippen LogP contribution in [0, 0.1) is 12.3 Å². The van der Waals surface area contributed by atoms with E-state index in [9.17, 15) is 4.79 Å². The summed E-state index contributed by atoms with van der Waals surface area (Å²) in [7, 11) is 0. The van der Waals surface area contributed by atoms with Gasteiger partial charge in [0.2, 0.25) is 0 Å². The number of nitrogens with two attached hydrogens (primary N) is 1. The van der Waals surface area contributed by atoms with Crippen LogP contribution >= 0.6 is 15.9 Å². The first-order valence-electron chi connectivity index (χ1n) is 4.66. The Kier molecular flexibility index (Phi) is 4.38. The zero-order valence-corrected chi connectivity index (χ0v) is 9.88. The molecule has 0 spiro atoms. The number of ketones is 1. The predicted molar refractivity (Wildman–Crippen MR) is 65.6 cm³/mol. The molecule has 0 saturated heterocycles. The molecule has 0 fully saturated rings. The summed E-state index contributed by atoms with van der Waals surface area (Å²) >= 11 is 3.30. The number of benzene rings is 1. The van der Waals surface area contributed by atoms with Crippen molar-refractivity contribution in [2.45, 2.75) is 19.3 Å². The molecule has 0 amide bonds. The second-order valence-corrected chi connectivity index (χ2v) is 4.17. The minimum absolute atomic E-state index is 0.0817. The molecule has 0 saturated carbocycles. The molecule has 2 N–H and O–H groups in total. The number of Topliss-reactive ketones (excluding diaryl/α,β-unsaturated/α-hetero) is 1. The Hall–Kier alpha value is -1.27. The molecule has 0 heterocycles. The average molecular weight is 266 g/mol. The third-order valence-electron chi connectivity index (χ3n) is 1.97. The second-order valence-electron chi connectivity index (χ2n) is 3.25. The van der Waals surface area contributed by atoms with E-state index in [2.05, 4.69) is 21.9 Å². The van der Waals surface area contributed by atoms with Crippen LogP contribution in [0.4, 0.5) is 5.69 Å². The van der Waals surface area contributed by atoms with Crippen LogP contribution in [0.15, 0.2) is 22.7 Å². The lowest BCUT2D eigenvalue weighted by Crippen LogP contribution is -2.00. The molecule has 0 aliphatic heterocycles. The minimum atomic E-state index is 0.0817. The van der Waals surface area contributed by atoms with Crippen molar-refractivity contribution in [1.82, 2.24) is 0 Å². The Morgan fingerprint density at radius 1 is 1.47 bits per heavy atom. The summed E-state index contributed by atoms with van der Waals surface area (Å²) < 4.78 is 0.822. The lowest BCUT2D eigenvalue weighted by Gasteiger charge is -2.02. The molecular weight excluding hydrogens is 254 g/mol.